The van der Waals surface area contributed by atoms with Crippen LogP contribution in [-0.2, 0) is 6.54 Å². The Morgan fingerprint density at radius 3 is 2.58 bits per heavy atom. The van der Waals surface area contributed by atoms with Crippen molar-refractivity contribution in [1.29, 1.82) is 0 Å². The Balaban J connectivity index is 1.56. The van der Waals surface area contributed by atoms with Gasteiger partial charge in [-0.1, -0.05) is 35.0 Å². The van der Waals surface area contributed by atoms with Gasteiger partial charge >= 0.3 is 0 Å². The van der Waals surface area contributed by atoms with E-state index in [-0.39, 0.29) is 18.3 Å². The van der Waals surface area contributed by atoms with E-state index in [9.17, 15) is 4.79 Å². The Morgan fingerprint density at radius 1 is 1.09 bits per heavy atom. The predicted octanol–water partition coefficient (Wildman–Crippen LogP) is 4.64. The molecule has 0 aliphatic carbocycles. The van der Waals surface area contributed by atoms with Gasteiger partial charge in [-0.05, 0) is 31.2 Å². The summed E-state index contributed by atoms with van der Waals surface area (Å²) in [6.45, 7) is 1.77. The summed E-state index contributed by atoms with van der Waals surface area (Å²) in [5.74, 6) is 1.77. The summed E-state index contributed by atoms with van der Waals surface area (Å²) >= 11 is 6.30. The molecule has 0 saturated heterocycles. The third-order valence-corrected chi connectivity index (χ3v) is 5.35. The molecule has 2 aromatic heterocycles. The minimum absolute atomic E-state index is 0.0890. The Labute approximate surface area is 194 Å². The molecule has 10 heteroatoms. The number of carbonyl (C=O) groups is 1. The van der Waals surface area contributed by atoms with Gasteiger partial charge in [-0.25, -0.2) is 0 Å². The number of benzene rings is 2. The maximum Gasteiger partial charge on any atom is 0.259 e. The van der Waals surface area contributed by atoms with Gasteiger partial charge in [0.15, 0.2) is 11.5 Å². The van der Waals surface area contributed by atoms with Crippen molar-refractivity contribution in [2.45, 2.75) is 13.5 Å². The van der Waals surface area contributed by atoms with Crippen LogP contribution in [0.5, 0.6) is 11.5 Å². The number of methoxy groups -OCH3 is 2. The van der Waals surface area contributed by atoms with Crippen LogP contribution in [0.25, 0.3) is 22.7 Å². The lowest BCUT2D eigenvalue weighted by Gasteiger charge is -2.15. The molecule has 0 N–H and O–H groups in total. The molecular formula is C23H21ClN4O5. The first-order valence-corrected chi connectivity index (χ1v) is 10.3. The second-order valence-electron chi connectivity index (χ2n) is 7.17. The second-order valence-corrected chi connectivity index (χ2v) is 7.58. The molecule has 1 amide bonds. The van der Waals surface area contributed by atoms with E-state index < -0.39 is 0 Å². The van der Waals surface area contributed by atoms with Gasteiger partial charge in [0.05, 0.1) is 25.8 Å². The molecule has 33 heavy (non-hydrogen) atoms. The van der Waals surface area contributed by atoms with Crippen LogP contribution in [0, 0.1) is 6.92 Å². The van der Waals surface area contributed by atoms with Crippen molar-refractivity contribution in [1.82, 2.24) is 20.3 Å². The number of ether oxygens (including phenoxy) is 2. The first-order valence-electron chi connectivity index (χ1n) is 9.94. The van der Waals surface area contributed by atoms with Crippen LogP contribution in [0.4, 0.5) is 0 Å². The van der Waals surface area contributed by atoms with Gasteiger partial charge in [-0.15, -0.1) is 10.2 Å². The fourth-order valence-electron chi connectivity index (χ4n) is 3.33. The predicted molar refractivity (Wildman–Crippen MR) is 120 cm³/mol. The molecule has 0 aliphatic rings. The number of amides is 1. The Hall–Kier alpha value is -3.85. The summed E-state index contributed by atoms with van der Waals surface area (Å²) in [6.07, 6.45) is 0. The van der Waals surface area contributed by atoms with Crippen molar-refractivity contribution >= 4 is 17.5 Å². The Kier molecular flexibility index (Phi) is 6.32. The third kappa shape index (κ3) is 4.40. The lowest BCUT2D eigenvalue weighted by atomic mass is 10.1. The number of aromatic nitrogens is 3. The summed E-state index contributed by atoms with van der Waals surface area (Å²) < 4.78 is 21.6. The molecule has 0 spiro atoms. The normalized spacial score (nSPS) is 10.8. The Morgan fingerprint density at radius 2 is 1.85 bits per heavy atom. The minimum atomic E-state index is -0.311. The molecular weight excluding hydrogens is 448 g/mol. The molecule has 0 radical (unpaired) electrons. The number of hydrogen-bond acceptors (Lipinski definition) is 8. The fraction of sp³-hybridized carbons (Fsp3) is 0.217. The summed E-state index contributed by atoms with van der Waals surface area (Å²) in [6, 6.07) is 12.4. The van der Waals surface area contributed by atoms with Gasteiger partial charge in [-0.3, -0.25) is 4.79 Å². The van der Waals surface area contributed by atoms with Crippen LogP contribution >= 0.6 is 11.6 Å². The van der Waals surface area contributed by atoms with Crippen molar-refractivity contribution in [2.24, 2.45) is 0 Å². The highest BCUT2D eigenvalue weighted by Crippen LogP contribution is 2.33. The topological polar surface area (TPSA) is 104 Å². The molecule has 9 nitrogen and oxygen atoms in total. The average molecular weight is 469 g/mol. The van der Waals surface area contributed by atoms with E-state index in [1.54, 1.807) is 64.6 Å². The minimum Gasteiger partial charge on any atom is -0.493 e. The van der Waals surface area contributed by atoms with Crippen LogP contribution in [0.2, 0.25) is 5.02 Å². The molecule has 2 aromatic carbocycles. The van der Waals surface area contributed by atoms with E-state index >= 15 is 0 Å². The van der Waals surface area contributed by atoms with Crippen LogP contribution < -0.4 is 9.47 Å². The van der Waals surface area contributed by atoms with Crippen molar-refractivity contribution in [3.63, 3.8) is 0 Å². The molecule has 0 bridgehead atoms. The number of nitrogens with zero attached hydrogens (tertiary/aromatic N) is 4. The van der Waals surface area contributed by atoms with Crippen molar-refractivity contribution < 1.29 is 23.2 Å². The van der Waals surface area contributed by atoms with Crippen molar-refractivity contribution in [3.05, 3.63) is 64.7 Å². The zero-order valence-electron chi connectivity index (χ0n) is 18.5. The van der Waals surface area contributed by atoms with E-state index in [1.807, 2.05) is 6.07 Å². The zero-order chi connectivity index (χ0) is 23.5. The third-order valence-electron chi connectivity index (χ3n) is 5.02. The van der Waals surface area contributed by atoms with E-state index in [4.69, 9.17) is 30.0 Å². The Bertz CT molecular complexity index is 1300. The molecule has 0 saturated carbocycles. The maximum absolute atomic E-state index is 13.2. The first-order chi connectivity index (χ1) is 15.9. The number of aryl methyl sites for hydroxylation is 1. The lowest BCUT2D eigenvalue weighted by Crippen LogP contribution is -2.27. The number of halogens is 1. The number of hydrogen-bond donors (Lipinski definition) is 0. The molecule has 4 rings (SSSR count). The maximum atomic E-state index is 13.2. The molecule has 2 heterocycles. The van der Waals surface area contributed by atoms with Gasteiger partial charge in [0.1, 0.15) is 17.0 Å². The SMILES string of the molecule is COc1ccc(-c2nnc(CN(C)C(=O)c3c(-c4ccccc4Cl)noc3C)o2)cc1OC. The van der Waals surface area contributed by atoms with Crippen molar-refractivity contribution in [3.8, 4) is 34.2 Å². The van der Waals surface area contributed by atoms with E-state index in [0.717, 1.165) is 0 Å². The highest BCUT2D eigenvalue weighted by Gasteiger charge is 2.26. The summed E-state index contributed by atoms with van der Waals surface area (Å²) in [4.78, 5) is 14.7. The molecule has 0 fully saturated rings. The standard InChI is InChI=1S/C23H21ClN4O5/c1-13-20(21(27-33-13)15-7-5-6-8-16(15)24)23(29)28(2)12-19-25-26-22(32-19)14-9-10-17(30-3)18(11-14)31-4/h5-11H,12H2,1-4H3. The average Bonchev–Trinajstić information content (AvgIpc) is 3.45. The van der Waals surface area contributed by atoms with Crippen LogP contribution in [0.1, 0.15) is 22.0 Å². The van der Waals surface area contributed by atoms with Crippen LogP contribution in [0.3, 0.4) is 0 Å². The molecule has 4 aromatic rings. The molecule has 0 unspecified atom stereocenters. The first kappa shape index (κ1) is 22.3. The van der Waals surface area contributed by atoms with Gasteiger partial charge in [0, 0.05) is 18.2 Å². The molecule has 0 atom stereocenters. The van der Waals surface area contributed by atoms with E-state index in [0.29, 0.717) is 50.6 Å². The summed E-state index contributed by atoms with van der Waals surface area (Å²) in [5.41, 5.74) is 1.98. The van der Waals surface area contributed by atoms with Gasteiger partial charge in [0.2, 0.25) is 11.8 Å². The van der Waals surface area contributed by atoms with Gasteiger partial charge in [-0.2, -0.15) is 0 Å². The highest BCUT2D eigenvalue weighted by atomic mass is 35.5. The summed E-state index contributed by atoms with van der Waals surface area (Å²) in [7, 11) is 4.74. The number of rotatable bonds is 7. The van der Waals surface area contributed by atoms with E-state index in [2.05, 4.69) is 15.4 Å². The smallest absolute Gasteiger partial charge is 0.259 e. The monoisotopic (exact) mass is 468 g/mol. The van der Waals surface area contributed by atoms with Crippen molar-refractivity contribution in [2.75, 3.05) is 21.3 Å². The van der Waals surface area contributed by atoms with Gasteiger partial charge < -0.3 is 23.3 Å². The highest BCUT2D eigenvalue weighted by molar-refractivity contribution is 6.33. The molecule has 0 aliphatic heterocycles. The number of carbonyl (C=O) groups excluding carboxylic acids is 1. The largest absolute Gasteiger partial charge is 0.493 e. The van der Waals surface area contributed by atoms with Crippen LogP contribution in [0.15, 0.2) is 51.4 Å². The van der Waals surface area contributed by atoms with Gasteiger partial charge in [0.25, 0.3) is 5.91 Å². The van der Waals surface area contributed by atoms with Crippen LogP contribution in [-0.4, -0.2) is 47.4 Å². The van der Waals surface area contributed by atoms with E-state index in [1.165, 1.54) is 4.90 Å². The fourth-order valence-corrected chi connectivity index (χ4v) is 3.56. The molecule has 170 valence electrons. The quantitative estimate of drug-likeness (QED) is 0.386. The lowest BCUT2D eigenvalue weighted by molar-refractivity contribution is 0.0772. The second kappa shape index (κ2) is 9.33. The zero-order valence-corrected chi connectivity index (χ0v) is 19.2. The summed E-state index contributed by atoms with van der Waals surface area (Å²) in [5, 5.41) is 12.7.